The molecule has 0 aromatic heterocycles. The highest BCUT2D eigenvalue weighted by Gasteiger charge is 2.40. The standard InChI is InChI=1S/C14H28N2O2/c1-3-15(4-2)7-5-8-16-9-11-18-14(12-16)6-10-17-13-14/h3-13H2,1-2H3/t14-/m1/s1. The van der Waals surface area contributed by atoms with E-state index in [0.29, 0.717) is 0 Å². The van der Waals surface area contributed by atoms with Crippen molar-refractivity contribution in [2.45, 2.75) is 32.3 Å². The number of hydrogen-bond acceptors (Lipinski definition) is 4. The second kappa shape index (κ2) is 6.85. The predicted octanol–water partition coefficient (Wildman–Crippen LogP) is 1.21. The van der Waals surface area contributed by atoms with Gasteiger partial charge in [-0.25, -0.2) is 0 Å². The largest absolute Gasteiger partial charge is 0.378 e. The van der Waals surface area contributed by atoms with Crippen molar-refractivity contribution in [1.29, 1.82) is 0 Å². The van der Waals surface area contributed by atoms with E-state index in [4.69, 9.17) is 9.47 Å². The zero-order chi connectivity index (χ0) is 12.8. The molecule has 106 valence electrons. The number of morpholine rings is 1. The second-order valence-corrected chi connectivity index (χ2v) is 5.49. The van der Waals surface area contributed by atoms with Crippen molar-refractivity contribution in [3.8, 4) is 0 Å². The van der Waals surface area contributed by atoms with E-state index in [9.17, 15) is 0 Å². The van der Waals surface area contributed by atoms with Gasteiger partial charge in [-0.05, 0) is 32.6 Å². The Bertz CT molecular complexity index is 238. The highest BCUT2D eigenvalue weighted by atomic mass is 16.6. The summed E-state index contributed by atoms with van der Waals surface area (Å²) in [5.41, 5.74) is 0.0213. The summed E-state index contributed by atoms with van der Waals surface area (Å²) in [4.78, 5) is 5.05. The Morgan fingerprint density at radius 2 is 2.06 bits per heavy atom. The summed E-state index contributed by atoms with van der Waals surface area (Å²) in [6.07, 6.45) is 2.33. The average Bonchev–Trinajstić information content (AvgIpc) is 2.83. The quantitative estimate of drug-likeness (QED) is 0.713. The third-order valence-electron chi connectivity index (χ3n) is 4.24. The van der Waals surface area contributed by atoms with Gasteiger partial charge in [0.1, 0.15) is 5.60 Å². The molecule has 2 aliphatic heterocycles. The number of rotatable bonds is 6. The van der Waals surface area contributed by atoms with Gasteiger partial charge in [-0.1, -0.05) is 13.8 Å². The van der Waals surface area contributed by atoms with Crippen LogP contribution in [0, 0.1) is 0 Å². The summed E-state index contributed by atoms with van der Waals surface area (Å²) >= 11 is 0. The van der Waals surface area contributed by atoms with Crippen molar-refractivity contribution in [3.05, 3.63) is 0 Å². The lowest BCUT2D eigenvalue weighted by Gasteiger charge is -2.39. The molecule has 0 unspecified atom stereocenters. The third kappa shape index (κ3) is 3.67. The van der Waals surface area contributed by atoms with Gasteiger partial charge in [-0.15, -0.1) is 0 Å². The Morgan fingerprint density at radius 1 is 1.22 bits per heavy atom. The lowest BCUT2D eigenvalue weighted by atomic mass is 10.0. The molecule has 2 rings (SSSR count). The summed E-state index contributed by atoms with van der Waals surface area (Å²) < 4.78 is 11.5. The van der Waals surface area contributed by atoms with Crippen LogP contribution in [0.3, 0.4) is 0 Å². The fourth-order valence-corrected chi connectivity index (χ4v) is 3.00. The van der Waals surface area contributed by atoms with E-state index in [-0.39, 0.29) is 5.60 Å². The van der Waals surface area contributed by atoms with Gasteiger partial charge in [0, 0.05) is 26.1 Å². The van der Waals surface area contributed by atoms with Gasteiger partial charge in [0.05, 0.1) is 13.2 Å². The molecule has 2 aliphatic rings. The first-order valence-corrected chi connectivity index (χ1v) is 7.44. The van der Waals surface area contributed by atoms with Crippen LogP contribution in [0.15, 0.2) is 0 Å². The maximum Gasteiger partial charge on any atom is 0.106 e. The van der Waals surface area contributed by atoms with E-state index in [1.807, 2.05) is 0 Å². The highest BCUT2D eigenvalue weighted by Crippen LogP contribution is 2.27. The Kier molecular flexibility index (Phi) is 5.42. The minimum Gasteiger partial charge on any atom is -0.378 e. The Hall–Kier alpha value is -0.160. The van der Waals surface area contributed by atoms with Gasteiger partial charge < -0.3 is 14.4 Å². The van der Waals surface area contributed by atoms with Gasteiger partial charge in [-0.3, -0.25) is 4.90 Å². The maximum atomic E-state index is 5.95. The summed E-state index contributed by atoms with van der Waals surface area (Å²) in [6.45, 7) is 13.9. The molecule has 0 amide bonds. The first-order chi connectivity index (χ1) is 8.78. The number of ether oxygens (including phenoxy) is 2. The fourth-order valence-electron chi connectivity index (χ4n) is 3.00. The molecule has 0 N–H and O–H groups in total. The molecule has 2 heterocycles. The Morgan fingerprint density at radius 3 is 2.72 bits per heavy atom. The molecule has 4 nitrogen and oxygen atoms in total. The van der Waals surface area contributed by atoms with Crippen molar-refractivity contribution in [1.82, 2.24) is 9.80 Å². The monoisotopic (exact) mass is 256 g/mol. The summed E-state index contributed by atoms with van der Waals surface area (Å²) in [5.74, 6) is 0. The molecular weight excluding hydrogens is 228 g/mol. The molecule has 0 radical (unpaired) electrons. The van der Waals surface area contributed by atoms with Crippen LogP contribution in [-0.2, 0) is 9.47 Å². The lowest BCUT2D eigenvalue weighted by molar-refractivity contribution is -0.109. The van der Waals surface area contributed by atoms with Gasteiger partial charge in [0.25, 0.3) is 0 Å². The van der Waals surface area contributed by atoms with E-state index in [2.05, 4.69) is 23.6 Å². The van der Waals surface area contributed by atoms with Crippen LogP contribution in [-0.4, -0.2) is 74.5 Å². The van der Waals surface area contributed by atoms with Gasteiger partial charge in [-0.2, -0.15) is 0 Å². The van der Waals surface area contributed by atoms with Crippen molar-refractivity contribution >= 4 is 0 Å². The summed E-state index contributed by atoms with van der Waals surface area (Å²) in [7, 11) is 0. The minimum atomic E-state index is 0.0213. The molecule has 0 aromatic carbocycles. The summed E-state index contributed by atoms with van der Waals surface area (Å²) in [5, 5.41) is 0. The highest BCUT2D eigenvalue weighted by molar-refractivity contribution is 4.91. The first kappa shape index (κ1) is 14.3. The Balaban J connectivity index is 1.69. The van der Waals surface area contributed by atoms with Crippen LogP contribution in [0.25, 0.3) is 0 Å². The molecule has 0 aromatic rings. The van der Waals surface area contributed by atoms with Crippen LogP contribution in [0.2, 0.25) is 0 Å². The van der Waals surface area contributed by atoms with E-state index in [1.165, 1.54) is 19.5 Å². The van der Waals surface area contributed by atoms with Crippen molar-refractivity contribution in [2.75, 3.05) is 59.1 Å². The minimum absolute atomic E-state index is 0.0213. The van der Waals surface area contributed by atoms with E-state index in [1.54, 1.807) is 0 Å². The molecule has 18 heavy (non-hydrogen) atoms. The topological polar surface area (TPSA) is 24.9 Å². The zero-order valence-electron chi connectivity index (χ0n) is 12.0. The van der Waals surface area contributed by atoms with E-state index >= 15 is 0 Å². The molecule has 0 saturated carbocycles. The average molecular weight is 256 g/mol. The van der Waals surface area contributed by atoms with E-state index < -0.39 is 0 Å². The van der Waals surface area contributed by atoms with Crippen LogP contribution in [0.5, 0.6) is 0 Å². The van der Waals surface area contributed by atoms with Gasteiger partial charge in [0.2, 0.25) is 0 Å². The molecular formula is C14H28N2O2. The molecule has 1 spiro atoms. The zero-order valence-corrected chi connectivity index (χ0v) is 12.0. The SMILES string of the molecule is CCN(CC)CCCN1CCO[C@]2(CCOC2)C1. The second-order valence-electron chi connectivity index (χ2n) is 5.49. The van der Waals surface area contributed by atoms with Crippen LogP contribution >= 0.6 is 0 Å². The van der Waals surface area contributed by atoms with E-state index in [0.717, 1.165) is 52.4 Å². The van der Waals surface area contributed by atoms with Crippen LogP contribution in [0.1, 0.15) is 26.7 Å². The number of nitrogens with zero attached hydrogens (tertiary/aromatic N) is 2. The fraction of sp³-hybridized carbons (Fsp3) is 1.00. The van der Waals surface area contributed by atoms with Crippen molar-refractivity contribution in [2.24, 2.45) is 0 Å². The lowest BCUT2D eigenvalue weighted by Crippen LogP contribution is -2.52. The van der Waals surface area contributed by atoms with Crippen molar-refractivity contribution < 1.29 is 9.47 Å². The van der Waals surface area contributed by atoms with Gasteiger partial charge in [0.15, 0.2) is 0 Å². The maximum absolute atomic E-state index is 5.95. The normalized spacial score (nSPS) is 29.5. The summed E-state index contributed by atoms with van der Waals surface area (Å²) in [6, 6.07) is 0. The third-order valence-corrected chi connectivity index (χ3v) is 4.24. The number of hydrogen-bond donors (Lipinski definition) is 0. The smallest absolute Gasteiger partial charge is 0.106 e. The Labute approximate surface area is 111 Å². The molecule has 1 atom stereocenters. The van der Waals surface area contributed by atoms with Crippen LogP contribution < -0.4 is 0 Å². The molecule has 2 saturated heterocycles. The van der Waals surface area contributed by atoms with Crippen LogP contribution in [0.4, 0.5) is 0 Å². The molecule has 2 fully saturated rings. The first-order valence-electron chi connectivity index (χ1n) is 7.44. The predicted molar refractivity (Wildman–Crippen MR) is 73.0 cm³/mol. The molecule has 0 bridgehead atoms. The van der Waals surface area contributed by atoms with Gasteiger partial charge >= 0.3 is 0 Å². The molecule has 4 heteroatoms. The molecule has 0 aliphatic carbocycles. The van der Waals surface area contributed by atoms with Crippen molar-refractivity contribution in [3.63, 3.8) is 0 Å².